The molecule has 8 nitrogen and oxygen atoms in total. The molecule has 0 aliphatic carbocycles. The van der Waals surface area contributed by atoms with E-state index in [0.29, 0.717) is 36.0 Å². The van der Waals surface area contributed by atoms with Gasteiger partial charge < -0.3 is 14.8 Å². The molecule has 1 atom stereocenters. The number of H-pyrrole nitrogens is 1. The van der Waals surface area contributed by atoms with Crippen molar-refractivity contribution in [3.63, 3.8) is 0 Å². The highest BCUT2D eigenvalue weighted by Gasteiger charge is 2.35. The Morgan fingerprint density at radius 3 is 2.47 bits per heavy atom. The maximum Gasteiger partial charge on any atom is 0.325 e. The van der Waals surface area contributed by atoms with Gasteiger partial charge in [-0.05, 0) is 49.4 Å². The lowest BCUT2D eigenvalue weighted by Crippen LogP contribution is -2.50. The molecule has 2 heterocycles. The van der Waals surface area contributed by atoms with Gasteiger partial charge in [-0.2, -0.15) is 4.31 Å². The van der Waals surface area contributed by atoms with Crippen molar-refractivity contribution in [3.8, 4) is 5.75 Å². The number of nitrogens with zero attached hydrogens (tertiary/aromatic N) is 2. The first-order chi connectivity index (χ1) is 15.3. The molecule has 0 amide bonds. The Bertz CT molecular complexity index is 1220. The maximum absolute atomic E-state index is 13.0. The van der Waals surface area contributed by atoms with Crippen LogP contribution >= 0.6 is 11.6 Å². The zero-order chi connectivity index (χ0) is 22.9. The first kappa shape index (κ1) is 22.6. The third-order valence-corrected chi connectivity index (χ3v) is 7.76. The molecule has 1 aromatic heterocycles. The summed E-state index contributed by atoms with van der Waals surface area (Å²) in [6, 6.07) is 10.7. The van der Waals surface area contributed by atoms with Gasteiger partial charge in [0.15, 0.2) is 0 Å². The lowest BCUT2D eigenvalue weighted by Gasteiger charge is -2.37. The maximum atomic E-state index is 13.0. The molecule has 0 bridgehead atoms. The molecule has 1 saturated heterocycles. The van der Waals surface area contributed by atoms with Gasteiger partial charge in [-0.3, -0.25) is 9.69 Å². The number of benzene rings is 2. The molecule has 10 heteroatoms. The summed E-state index contributed by atoms with van der Waals surface area (Å²) in [5.74, 6) is -0.381. The predicted molar refractivity (Wildman–Crippen MR) is 122 cm³/mol. The topological polar surface area (TPSA) is 103 Å². The Balaban J connectivity index is 1.52. The van der Waals surface area contributed by atoms with Crippen LogP contribution in [0.2, 0.25) is 5.02 Å². The number of hydrogen-bond donors (Lipinski definition) is 2. The zero-order valence-corrected chi connectivity index (χ0v) is 19.1. The minimum absolute atomic E-state index is 0.190. The van der Waals surface area contributed by atoms with Crippen molar-refractivity contribution in [2.45, 2.75) is 17.9 Å². The van der Waals surface area contributed by atoms with Gasteiger partial charge in [-0.15, -0.1) is 0 Å². The van der Waals surface area contributed by atoms with Crippen LogP contribution in [0.5, 0.6) is 5.75 Å². The van der Waals surface area contributed by atoms with Crippen LogP contribution in [-0.4, -0.2) is 66.5 Å². The van der Waals surface area contributed by atoms with Gasteiger partial charge in [-0.25, -0.2) is 8.42 Å². The average molecular weight is 478 g/mol. The fourth-order valence-electron chi connectivity index (χ4n) is 4.05. The van der Waals surface area contributed by atoms with Gasteiger partial charge in [0.05, 0.1) is 11.5 Å². The Morgan fingerprint density at radius 2 is 1.84 bits per heavy atom. The van der Waals surface area contributed by atoms with Crippen LogP contribution < -0.4 is 4.74 Å². The Morgan fingerprint density at radius 1 is 1.16 bits per heavy atom. The number of sulfonamides is 1. The predicted octanol–water partition coefficient (Wildman–Crippen LogP) is 3.35. The highest BCUT2D eigenvalue weighted by Crippen LogP contribution is 2.32. The lowest BCUT2D eigenvalue weighted by molar-refractivity contribution is -0.144. The molecular weight excluding hydrogens is 454 g/mol. The van der Waals surface area contributed by atoms with Crippen LogP contribution in [0.15, 0.2) is 53.6 Å². The van der Waals surface area contributed by atoms with E-state index >= 15 is 0 Å². The second-order valence-electron chi connectivity index (χ2n) is 7.52. The molecule has 170 valence electrons. The molecule has 1 aliphatic heterocycles. The summed E-state index contributed by atoms with van der Waals surface area (Å²) >= 11 is 6.12. The van der Waals surface area contributed by atoms with Crippen molar-refractivity contribution in [2.24, 2.45) is 0 Å². The van der Waals surface area contributed by atoms with E-state index in [2.05, 4.69) is 4.98 Å². The third-order valence-electron chi connectivity index (χ3n) is 5.62. The van der Waals surface area contributed by atoms with Crippen molar-refractivity contribution in [2.75, 3.05) is 32.8 Å². The Labute approximate surface area is 191 Å². The fraction of sp³-hybridized carbons (Fsp3) is 0.318. The number of carboxylic acids is 1. The number of aliphatic carboxylic acids is 1. The average Bonchev–Trinajstić information content (AvgIpc) is 3.17. The van der Waals surface area contributed by atoms with Crippen molar-refractivity contribution in [1.82, 2.24) is 14.2 Å². The van der Waals surface area contributed by atoms with Crippen LogP contribution in [0.4, 0.5) is 0 Å². The summed E-state index contributed by atoms with van der Waals surface area (Å²) in [6.45, 7) is 3.34. The smallest absolute Gasteiger partial charge is 0.325 e. The minimum atomic E-state index is -3.68. The molecule has 0 spiro atoms. The second kappa shape index (κ2) is 9.11. The number of carbonyl (C=O) groups is 1. The Kier molecular flexibility index (Phi) is 6.43. The number of hydrogen-bond acceptors (Lipinski definition) is 5. The molecule has 2 N–H and O–H groups in total. The van der Waals surface area contributed by atoms with Crippen LogP contribution in [0.1, 0.15) is 18.5 Å². The van der Waals surface area contributed by atoms with Crippen LogP contribution in [-0.2, 0) is 14.8 Å². The van der Waals surface area contributed by atoms with Crippen LogP contribution in [0.25, 0.3) is 10.9 Å². The number of rotatable bonds is 7. The van der Waals surface area contributed by atoms with Gasteiger partial charge in [0.1, 0.15) is 11.8 Å². The largest absolute Gasteiger partial charge is 0.494 e. The van der Waals surface area contributed by atoms with Gasteiger partial charge in [0, 0.05) is 53.9 Å². The lowest BCUT2D eigenvalue weighted by atomic mass is 10.0. The molecule has 1 aliphatic rings. The molecule has 0 unspecified atom stereocenters. The van der Waals surface area contributed by atoms with E-state index in [0.717, 1.165) is 10.9 Å². The minimum Gasteiger partial charge on any atom is -0.494 e. The fourth-order valence-corrected chi connectivity index (χ4v) is 5.65. The zero-order valence-electron chi connectivity index (χ0n) is 17.5. The highest BCUT2D eigenvalue weighted by molar-refractivity contribution is 7.89. The van der Waals surface area contributed by atoms with E-state index < -0.39 is 22.0 Å². The van der Waals surface area contributed by atoms with Gasteiger partial charge in [-0.1, -0.05) is 11.6 Å². The summed E-state index contributed by atoms with van der Waals surface area (Å²) < 4.78 is 32.8. The third kappa shape index (κ3) is 4.33. The summed E-state index contributed by atoms with van der Waals surface area (Å²) in [5.41, 5.74) is 1.41. The molecule has 1 fully saturated rings. The number of fused-ring (bicyclic) bond motifs is 1. The van der Waals surface area contributed by atoms with E-state index in [1.807, 2.05) is 6.92 Å². The standard InChI is InChI=1S/C22H24ClN3O5S/c1-2-31-16-4-6-17(7-5-16)32(29,30)26-11-9-25(10-12-26)21(22(27)28)19-14-24-20-8-3-15(23)13-18(19)20/h3-8,13-14,21,24H,2,9-12H2,1H3,(H,27,28)/t21-/m1/s1. The van der Waals surface area contributed by atoms with Gasteiger partial charge in [0.2, 0.25) is 10.0 Å². The number of nitrogens with one attached hydrogen (secondary N) is 1. The molecular formula is C22H24ClN3O5S. The van der Waals surface area contributed by atoms with Crippen molar-refractivity contribution < 1.29 is 23.1 Å². The number of aromatic nitrogens is 1. The number of halogens is 1. The monoisotopic (exact) mass is 477 g/mol. The number of piperazine rings is 1. The second-order valence-corrected chi connectivity index (χ2v) is 9.89. The molecule has 2 aromatic carbocycles. The van der Waals surface area contributed by atoms with E-state index in [4.69, 9.17) is 16.3 Å². The number of aromatic amines is 1. The van der Waals surface area contributed by atoms with Crippen molar-refractivity contribution in [1.29, 1.82) is 0 Å². The van der Waals surface area contributed by atoms with E-state index in [1.165, 1.54) is 16.4 Å². The summed E-state index contributed by atoms with van der Waals surface area (Å²) in [7, 11) is -3.68. The quantitative estimate of drug-likeness (QED) is 0.541. The summed E-state index contributed by atoms with van der Waals surface area (Å²) in [4.78, 5) is 17.2. The van der Waals surface area contributed by atoms with E-state index in [9.17, 15) is 18.3 Å². The van der Waals surface area contributed by atoms with Gasteiger partial charge >= 0.3 is 5.97 Å². The first-order valence-electron chi connectivity index (χ1n) is 10.3. The highest BCUT2D eigenvalue weighted by atomic mass is 35.5. The first-order valence-corrected chi connectivity index (χ1v) is 12.1. The van der Waals surface area contributed by atoms with E-state index in [-0.39, 0.29) is 18.0 Å². The van der Waals surface area contributed by atoms with Crippen molar-refractivity contribution >= 4 is 38.5 Å². The normalized spacial score (nSPS) is 16.8. The van der Waals surface area contributed by atoms with Crippen molar-refractivity contribution in [3.05, 3.63) is 59.2 Å². The molecule has 3 aromatic rings. The molecule has 4 rings (SSSR count). The van der Waals surface area contributed by atoms with E-state index in [1.54, 1.807) is 41.4 Å². The molecule has 0 radical (unpaired) electrons. The molecule has 32 heavy (non-hydrogen) atoms. The van der Waals surface area contributed by atoms with Gasteiger partial charge in [0.25, 0.3) is 0 Å². The number of carboxylic acid groups (broad SMARTS) is 1. The SMILES string of the molecule is CCOc1ccc(S(=O)(=O)N2CCN([C@@H](C(=O)O)c3c[nH]c4ccc(Cl)cc34)CC2)cc1. The van der Waals surface area contributed by atoms with Crippen LogP contribution in [0.3, 0.4) is 0 Å². The summed E-state index contributed by atoms with van der Waals surface area (Å²) in [6.07, 6.45) is 1.68. The van der Waals surface area contributed by atoms with Crippen LogP contribution in [0, 0.1) is 0 Å². The number of ether oxygens (including phenoxy) is 1. The Hall–Kier alpha value is -2.59. The molecule has 0 saturated carbocycles. The summed E-state index contributed by atoms with van der Waals surface area (Å²) in [5, 5.41) is 11.2.